The van der Waals surface area contributed by atoms with E-state index in [1.54, 1.807) is 36.1 Å². The lowest BCUT2D eigenvalue weighted by Gasteiger charge is -2.08. The fourth-order valence-electron chi connectivity index (χ4n) is 2.44. The molecule has 0 aliphatic carbocycles. The van der Waals surface area contributed by atoms with Crippen molar-refractivity contribution in [2.24, 2.45) is 0 Å². The van der Waals surface area contributed by atoms with Gasteiger partial charge in [0.15, 0.2) is 0 Å². The second-order valence-corrected chi connectivity index (χ2v) is 5.04. The molecule has 0 spiro atoms. The molecule has 0 aliphatic rings. The molecule has 0 radical (unpaired) electrons. The fraction of sp³-hybridized carbons (Fsp3) is 0.267. The van der Waals surface area contributed by atoms with Gasteiger partial charge in [-0.25, -0.2) is 9.66 Å². The molecule has 3 heterocycles. The van der Waals surface area contributed by atoms with Gasteiger partial charge in [0.25, 0.3) is 11.1 Å². The molecule has 0 saturated carbocycles. The highest BCUT2D eigenvalue weighted by atomic mass is 16.5. The van der Waals surface area contributed by atoms with Crippen LogP contribution in [0.25, 0.3) is 21.8 Å². The average Bonchev–Trinajstić information content (AvgIpc) is 2.52. The molecule has 0 fully saturated rings. The fourth-order valence-corrected chi connectivity index (χ4v) is 2.44. The molecule has 0 bridgehead atoms. The number of nitrogen functional groups attached to an aromatic ring is 1. The third kappa shape index (κ3) is 2.35. The first kappa shape index (κ1) is 14.3. The van der Waals surface area contributed by atoms with E-state index in [1.165, 1.54) is 6.20 Å². The molecule has 2 N–H and O–H groups in total. The van der Waals surface area contributed by atoms with Crippen LogP contribution < -0.4 is 17.0 Å². The van der Waals surface area contributed by atoms with Crippen LogP contribution in [0.15, 0.2) is 40.2 Å². The summed E-state index contributed by atoms with van der Waals surface area (Å²) in [7, 11) is 1.62. The summed E-state index contributed by atoms with van der Waals surface area (Å²) < 4.78 is 7.57. The summed E-state index contributed by atoms with van der Waals surface area (Å²) in [5.41, 5.74) is 0.543. The predicted molar refractivity (Wildman–Crippen MR) is 84.4 cm³/mol. The molecule has 0 aliphatic heterocycles. The van der Waals surface area contributed by atoms with Crippen molar-refractivity contribution >= 4 is 21.8 Å². The van der Waals surface area contributed by atoms with Crippen LogP contribution in [0.5, 0.6) is 0 Å². The molecular weight excluding hydrogens is 284 g/mol. The SMILES string of the molecule is COCCCn1ccc2nc3ccn(N)c(=O)c3cc2c1=O. The maximum absolute atomic E-state index is 12.5. The van der Waals surface area contributed by atoms with Crippen LogP contribution in [0.4, 0.5) is 0 Å². The number of methoxy groups -OCH3 is 1. The highest BCUT2D eigenvalue weighted by molar-refractivity contribution is 5.91. The maximum atomic E-state index is 12.5. The van der Waals surface area contributed by atoms with Crippen molar-refractivity contribution in [3.63, 3.8) is 0 Å². The molecule has 0 aromatic carbocycles. The molecule has 114 valence electrons. The molecule has 7 heteroatoms. The Bertz CT molecular complexity index is 959. The van der Waals surface area contributed by atoms with Gasteiger partial charge in [-0.05, 0) is 24.6 Å². The zero-order valence-corrected chi connectivity index (χ0v) is 12.2. The molecule has 3 rings (SSSR count). The van der Waals surface area contributed by atoms with Gasteiger partial charge < -0.3 is 15.1 Å². The van der Waals surface area contributed by atoms with Crippen LogP contribution in [0, 0.1) is 0 Å². The molecule has 0 atom stereocenters. The molecule has 0 amide bonds. The number of hydrogen-bond acceptors (Lipinski definition) is 5. The third-order valence-corrected chi connectivity index (χ3v) is 3.59. The van der Waals surface area contributed by atoms with E-state index in [-0.39, 0.29) is 11.1 Å². The van der Waals surface area contributed by atoms with Gasteiger partial charge in [0.1, 0.15) is 0 Å². The smallest absolute Gasteiger partial charge is 0.278 e. The van der Waals surface area contributed by atoms with E-state index in [0.29, 0.717) is 35.0 Å². The maximum Gasteiger partial charge on any atom is 0.278 e. The van der Waals surface area contributed by atoms with Gasteiger partial charge >= 0.3 is 0 Å². The highest BCUT2D eigenvalue weighted by Gasteiger charge is 2.09. The molecule has 0 unspecified atom stereocenters. The molecular formula is C15H16N4O3. The normalized spacial score (nSPS) is 11.3. The van der Waals surface area contributed by atoms with Crippen LogP contribution in [0.3, 0.4) is 0 Å². The van der Waals surface area contributed by atoms with Crippen molar-refractivity contribution in [3.05, 3.63) is 51.3 Å². The number of rotatable bonds is 4. The summed E-state index contributed by atoms with van der Waals surface area (Å²) >= 11 is 0. The average molecular weight is 300 g/mol. The molecule has 0 saturated heterocycles. The molecule has 22 heavy (non-hydrogen) atoms. The Hall–Kier alpha value is -2.67. The first-order valence-corrected chi connectivity index (χ1v) is 6.91. The van der Waals surface area contributed by atoms with Gasteiger partial charge in [0.05, 0.1) is 21.8 Å². The Morgan fingerprint density at radius 1 is 1.14 bits per heavy atom. The predicted octanol–water partition coefficient (Wildman–Crippen LogP) is 0.462. The number of aryl methyl sites for hydroxylation is 1. The number of hydrogen-bond donors (Lipinski definition) is 1. The number of aromatic nitrogens is 3. The number of nitrogens with zero attached hydrogens (tertiary/aromatic N) is 3. The highest BCUT2D eigenvalue weighted by Crippen LogP contribution is 2.13. The largest absolute Gasteiger partial charge is 0.385 e. The first-order valence-electron chi connectivity index (χ1n) is 6.91. The summed E-state index contributed by atoms with van der Waals surface area (Å²) in [4.78, 5) is 28.9. The van der Waals surface area contributed by atoms with E-state index < -0.39 is 0 Å². The zero-order valence-electron chi connectivity index (χ0n) is 12.2. The quantitative estimate of drug-likeness (QED) is 0.429. The van der Waals surface area contributed by atoms with Crippen LogP contribution in [-0.4, -0.2) is 27.9 Å². The van der Waals surface area contributed by atoms with Gasteiger partial charge in [-0.15, -0.1) is 0 Å². The Morgan fingerprint density at radius 3 is 2.55 bits per heavy atom. The zero-order chi connectivity index (χ0) is 15.7. The van der Waals surface area contributed by atoms with Crippen molar-refractivity contribution in [2.45, 2.75) is 13.0 Å². The summed E-state index contributed by atoms with van der Waals surface area (Å²) in [5, 5.41) is 0.750. The Balaban J connectivity index is 2.20. The first-order chi connectivity index (χ1) is 10.6. The Kier molecular flexibility index (Phi) is 3.64. The van der Waals surface area contributed by atoms with E-state index in [2.05, 4.69) is 4.98 Å². The standard InChI is InChI=1S/C15H16N4O3/c1-22-8-2-5-18-6-3-12-10(14(18)20)9-11-13(17-12)4-7-19(16)15(11)21/h3-4,6-7,9H,2,5,8,16H2,1H3. The lowest BCUT2D eigenvalue weighted by Crippen LogP contribution is -2.27. The summed E-state index contributed by atoms with van der Waals surface area (Å²) in [5.74, 6) is 5.56. The van der Waals surface area contributed by atoms with E-state index in [4.69, 9.17) is 10.6 Å². The van der Waals surface area contributed by atoms with Gasteiger partial charge in [-0.1, -0.05) is 0 Å². The van der Waals surface area contributed by atoms with E-state index >= 15 is 0 Å². The number of ether oxygens (including phenoxy) is 1. The van der Waals surface area contributed by atoms with Gasteiger partial charge in [0.2, 0.25) is 0 Å². The van der Waals surface area contributed by atoms with Crippen molar-refractivity contribution in [3.8, 4) is 0 Å². The van der Waals surface area contributed by atoms with Crippen molar-refractivity contribution in [2.75, 3.05) is 19.6 Å². The topological polar surface area (TPSA) is 92.1 Å². The van der Waals surface area contributed by atoms with Crippen molar-refractivity contribution < 1.29 is 4.74 Å². The third-order valence-electron chi connectivity index (χ3n) is 3.59. The van der Waals surface area contributed by atoms with Gasteiger partial charge in [0, 0.05) is 32.7 Å². The second-order valence-electron chi connectivity index (χ2n) is 5.04. The summed E-state index contributed by atoms with van der Waals surface area (Å²) in [6, 6.07) is 5.00. The minimum absolute atomic E-state index is 0.171. The monoisotopic (exact) mass is 300 g/mol. The minimum Gasteiger partial charge on any atom is -0.385 e. The lowest BCUT2D eigenvalue weighted by molar-refractivity contribution is 0.190. The van der Waals surface area contributed by atoms with E-state index in [9.17, 15) is 9.59 Å². The number of fused-ring (bicyclic) bond motifs is 2. The van der Waals surface area contributed by atoms with Gasteiger partial charge in [-0.2, -0.15) is 0 Å². The lowest BCUT2D eigenvalue weighted by atomic mass is 10.2. The molecule has 3 aromatic rings. The number of pyridine rings is 3. The summed E-state index contributed by atoms with van der Waals surface area (Å²) in [6.07, 6.45) is 3.90. The van der Waals surface area contributed by atoms with Crippen LogP contribution in [0.2, 0.25) is 0 Å². The van der Waals surface area contributed by atoms with Crippen LogP contribution in [0.1, 0.15) is 6.42 Å². The summed E-state index contributed by atoms with van der Waals surface area (Å²) in [6.45, 7) is 1.13. The Labute approximate surface area is 125 Å². The van der Waals surface area contributed by atoms with E-state index in [0.717, 1.165) is 11.1 Å². The van der Waals surface area contributed by atoms with Crippen molar-refractivity contribution in [1.29, 1.82) is 0 Å². The minimum atomic E-state index is -0.374. The number of nitrogens with two attached hydrogens (primary N) is 1. The molecule has 7 nitrogen and oxygen atoms in total. The Morgan fingerprint density at radius 2 is 1.82 bits per heavy atom. The van der Waals surface area contributed by atoms with Crippen LogP contribution in [-0.2, 0) is 11.3 Å². The van der Waals surface area contributed by atoms with Gasteiger partial charge in [-0.3, -0.25) is 9.59 Å². The second kappa shape index (κ2) is 5.61. The van der Waals surface area contributed by atoms with Crippen LogP contribution >= 0.6 is 0 Å². The van der Waals surface area contributed by atoms with E-state index in [1.807, 2.05) is 0 Å². The molecule has 3 aromatic heterocycles. The van der Waals surface area contributed by atoms with Crippen molar-refractivity contribution in [1.82, 2.24) is 14.2 Å².